The third-order valence-corrected chi connectivity index (χ3v) is 6.73. The minimum Gasteiger partial charge on any atom is -0.480 e. The number of carbonyl (C=O) groups excluding carboxylic acids is 1. The molecular formula is C32H31N5O3. The van der Waals surface area contributed by atoms with E-state index in [0.717, 1.165) is 33.9 Å². The van der Waals surface area contributed by atoms with Crippen LogP contribution in [0.15, 0.2) is 103 Å². The molecule has 8 heteroatoms. The van der Waals surface area contributed by atoms with Gasteiger partial charge in [0.05, 0.1) is 0 Å². The van der Waals surface area contributed by atoms with Crippen LogP contribution in [0.5, 0.6) is 0 Å². The first-order chi connectivity index (χ1) is 19.4. The van der Waals surface area contributed by atoms with E-state index in [-0.39, 0.29) is 6.42 Å². The van der Waals surface area contributed by atoms with Crippen molar-refractivity contribution >= 4 is 29.0 Å². The lowest BCUT2D eigenvalue weighted by Gasteiger charge is -2.15. The number of carboxylic acids is 1. The number of nitrogens with one attached hydrogen (secondary N) is 2. The highest BCUT2D eigenvalue weighted by molar-refractivity contribution is 5.97. The van der Waals surface area contributed by atoms with E-state index in [0.29, 0.717) is 17.8 Å². The summed E-state index contributed by atoms with van der Waals surface area (Å²) in [4.78, 5) is 32.0. The number of hydrogen-bond donors (Lipinski definition) is 3. The molecule has 1 unspecified atom stereocenters. The number of imidazole rings is 1. The van der Waals surface area contributed by atoms with Crippen LogP contribution in [0.1, 0.15) is 21.5 Å². The normalized spacial score (nSPS) is 11.7. The zero-order valence-corrected chi connectivity index (χ0v) is 22.4. The number of anilines is 2. The number of hydrogen-bond acceptors (Lipinski definition) is 5. The number of carboxylic acid groups (broad SMARTS) is 1. The van der Waals surface area contributed by atoms with Crippen LogP contribution in [0.25, 0.3) is 16.9 Å². The number of fused-ring (bicyclic) bond motifs is 1. The molecule has 5 rings (SSSR count). The van der Waals surface area contributed by atoms with Gasteiger partial charge >= 0.3 is 5.97 Å². The van der Waals surface area contributed by atoms with Crippen molar-refractivity contribution in [3.63, 3.8) is 0 Å². The Morgan fingerprint density at radius 3 is 2.17 bits per heavy atom. The first kappa shape index (κ1) is 26.5. The summed E-state index contributed by atoms with van der Waals surface area (Å²) in [5.74, 6) is -0.754. The van der Waals surface area contributed by atoms with E-state index in [1.165, 1.54) is 0 Å². The lowest BCUT2D eigenvalue weighted by Crippen LogP contribution is -2.42. The van der Waals surface area contributed by atoms with Gasteiger partial charge in [-0.15, -0.1) is 0 Å². The summed E-state index contributed by atoms with van der Waals surface area (Å²) >= 11 is 0. The van der Waals surface area contributed by atoms with Crippen molar-refractivity contribution in [2.45, 2.75) is 19.0 Å². The van der Waals surface area contributed by atoms with Crippen molar-refractivity contribution in [2.75, 3.05) is 24.3 Å². The zero-order valence-electron chi connectivity index (χ0n) is 22.4. The quantitative estimate of drug-likeness (QED) is 0.231. The number of pyridine rings is 1. The van der Waals surface area contributed by atoms with Gasteiger partial charge in [-0.2, -0.15) is 0 Å². The smallest absolute Gasteiger partial charge is 0.326 e. The van der Waals surface area contributed by atoms with Gasteiger partial charge in [-0.25, -0.2) is 9.78 Å². The average molecular weight is 534 g/mol. The predicted octanol–water partition coefficient (Wildman–Crippen LogP) is 5.11. The summed E-state index contributed by atoms with van der Waals surface area (Å²) in [7, 11) is 3.99. The summed E-state index contributed by atoms with van der Waals surface area (Å²) in [6.45, 7) is 0.597. The number of carbonyl (C=O) groups is 2. The molecule has 202 valence electrons. The monoisotopic (exact) mass is 533 g/mol. The number of benzene rings is 3. The molecular weight excluding hydrogens is 502 g/mol. The van der Waals surface area contributed by atoms with Crippen LogP contribution in [0.2, 0.25) is 0 Å². The summed E-state index contributed by atoms with van der Waals surface area (Å²) in [5.41, 5.74) is 5.63. The Hall–Kier alpha value is -5.11. The Bertz CT molecular complexity index is 1610. The van der Waals surface area contributed by atoms with Gasteiger partial charge in [0.15, 0.2) is 0 Å². The van der Waals surface area contributed by atoms with Crippen LogP contribution in [-0.2, 0) is 17.8 Å². The van der Waals surface area contributed by atoms with Crippen molar-refractivity contribution in [3.8, 4) is 11.3 Å². The number of rotatable bonds is 10. The van der Waals surface area contributed by atoms with Crippen LogP contribution in [0.3, 0.4) is 0 Å². The first-order valence-electron chi connectivity index (χ1n) is 13.0. The maximum Gasteiger partial charge on any atom is 0.326 e. The molecule has 0 spiro atoms. The predicted molar refractivity (Wildman–Crippen MR) is 158 cm³/mol. The summed E-state index contributed by atoms with van der Waals surface area (Å²) in [6, 6.07) is 29.8. The van der Waals surface area contributed by atoms with Gasteiger partial charge in [0.2, 0.25) is 0 Å². The molecule has 0 radical (unpaired) electrons. The molecule has 0 saturated carbocycles. The van der Waals surface area contributed by atoms with E-state index < -0.39 is 17.9 Å². The Kier molecular flexibility index (Phi) is 7.77. The fraction of sp³-hybridized carbons (Fsp3) is 0.156. The lowest BCUT2D eigenvalue weighted by atomic mass is 10.1. The van der Waals surface area contributed by atoms with E-state index in [1.807, 2.05) is 96.2 Å². The van der Waals surface area contributed by atoms with Gasteiger partial charge in [0, 0.05) is 50.1 Å². The number of nitrogens with zero attached hydrogens (tertiary/aromatic N) is 3. The van der Waals surface area contributed by atoms with Crippen LogP contribution in [-0.4, -0.2) is 46.5 Å². The van der Waals surface area contributed by atoms with Crippen molar-refractivity contribution in [2.24, 2.45) is 0 Å². The highest BCUT2D eigenvalue weighted by atomic mass is 16.4. The summed E-state index contributed by atoms with van der Waals surface area (Å²) in [5, 5.41) is 15.9. The van der Waals surface area contributed by atoms with E-state index in [4.69, 9.17) is 4.98 Å². The maximum atomic E-state index is 13.1. The molecule has 0 saturated heterocycles. The van der Waals surface area contributed by atoms with E-state index in [2.05, 4.69) is 22.8 Å². The summed E-state index contributed by atoms with van der Waals surface area (Å²) < 4.78 is 1.91. The molecule has 0 fully saturated rings. The van der Waals surface area contributed by atoms with E-state index in [1.54, 1.807) is 18.3 Å². The van der Waals surface area contributed by atoms with Crippen molar-refractivity contribution in [1.29, 1.82) is 0 Å². The molecule has 5 aromatic rings. The standard InChI is InChI=1S/C32H31N5O3/c1-36(2)26-15-13-24(14-16-26)29-30(33-21-23-11-7-4-8-12-23)37-18-17-25(20-28(37)35-29)31(38)34-27(32(39)40)19-22-9-5-3-6-10-22/h3-18,20,27,33H,19,21H2,1-2H3,(H,34,38)(H,39,40). The van der Waals surface area contributed by atoms with Gasteiger partial charge < -0.3 is 20.6 Å². The highest BCUT2D eigenvalue weighted by Crippen LogP contribution is 2.31. The Balaban J connectivity index is 1.46. The van der Waals surface area contributed by atoms with Crippen molar-refractivity contribution in [1.82, 2.24) is 14.7 Å². The molecule has 1 amide bonds. The van der Waals surface area contributed by atoms with Crippen molar-refractivity contribution < 1.29 is 14.7 Å². The maximum absolute atomic E-state index is 13.1. The molecule has 2 heterocycles. The molecule has 8 nitrogen and oxygen atoms in total. The zero-order chi connectivity index (χ0) is 28.1. The minimum absolute atomic E-state index is 0.189. The molecule has 0 aliphatic carbocycles. The van der Waals surface area contributed by atoms with Gasteiger partial charge in [0.25, 0.3) is 5.91 Å². The van der Waals surface area contributed by atoms with Crippen LogP contribution >= 0.6 is 0 Å². The third kappa shape index (κ3) is 5.96. The Labute approximate surface area is 232 Å². The molecule has 1 atom stereocenters. The van der Waals surface area contributed by atoms with E-state index in [9.17, 15) is 14.7 Å². The Morgan fingerprint density at radius 1 is 0.900 bits per heavy atom. The van der Waals surface area contributed by atoms with Crippen molar-refractivity contribution in [3.05, 3.63) is 120 Å². The average Bonchev–Trinajstić information content (AvgIpc) is 3.34. The van der Waals surface area contributed by atoms with Gasteiger partial charge in [-0.1, -0.05) is 72.8 Å². The minimum atomic E-state index is -1.09. The largest absolute Gasteiger partial charge is 0.480 e. The van der Waals surface area contributed by atoms with Crippen LogP contribution in [0, 0.1) is 0 Å². The fourth-order valence-electron chi connectivity index (χ4n) is 4.55. The SMILES string of the molecule is CN(C)c1ccc(-c2nc3cc(C(=O)NC(Cc4ccccc4)C(=O)O)ccn3c2NCc2ccccc2)cc1. The molecule has 2 aromatic heterocycles. The molecule has 0 aliphatic heterocycles. The van der Waals surface area contributed by atoms with Gasteiger partial charge in [-0.05, 0) is 35.4 Å². The second kappa shape index (κ2) is 11.7. The lowest BCUT2D eigenvalue weighted by molar-refractivity contribution is -0.139. The van der Waals surface area contributed by atoms with Gasteiger partial charge in [0.1, 0.15) is 23.2 Å². The number of amides is 1. The second-order valence-electron chi connectivity index (χ2n) is 9.79. The number of aliphatic carboxylic acids is 1. The van der Waals surface area contributed by atoms with Crippen LogP contribution in [0.4, 0.5) is 11.5 Å². The highest BCUT2D eigenvalue weighted by Gasteiger charge is 2.22. The first-order valence-corrected chi connectivity index (χ1v) is 13.0. The summed E-state index contributed by atoms with van der Waals surface area (Å²) in [6.07, 6.45) is 1.98. The molecule has 40 heavy (non-hydrogen) atoms. The fourth-order valence-corrected chi connectivity index (χ4v) is 4.55. The van der Waals surface area contributed by atoms with E-state index >= 15 is 0 Å². The number of aromatic nitrogens is 2. The Morgan fingerprint density at radius 2 is 1.55 bits per heavy atom. The molecule has 3 N–H and O–H groups in total. The molecule has 0 bridgehead atoms. The third-order valence-electron chi connectivity index (χ3n) is 6.73. The van der Waals surface area contributed by atoms with Crippen LogP contribution < -0.4 is 15.5 Å². The second-order valence-corrected chi connectivity index (χ2v) is 9.79. The molecule has 0 aliphatic rings. The van der Waals surface area contributed by atoms with Gasteiger partial charge in [-0.3, -0.25) is 9.20 Å². The molecule has 3 aromatic carbocycles. The topological polar surface area (TPSA) is 99.0 Å².